The van der Waals surface area contributed by atoms with E-state index >= 15 is 0 Å². The summed E-state index contributed by atoms with van der Waals surface area (Å²) >= 11 is 1.61. The Balaban J connectivity index is 0.00000120. The van der Waals surface area contributed by atoms with Gasteiger partial charge in [-0.25, -0.2) is 0 Å². The Morgan fingerprint density at radius 1 is 1.24 bits per heavy atom. The largest absolute Gasteiger partial charge is 0.340 e. The maximum Gasteiger partial charge on any atom is 0.241 e. The molecule has 4 heterocycles. The van der Waals surface area contributed by atoms with E-state index in [4.69, 9.17) is 4.52 Å². The predicted octanol–water partition coefficient (Wildman–Crippen LogP) is 2.68. The number of nitrogens with one attached hydrogen (secondary N) is 1. The van der Waals surface area contributed by atoms with E-state index in [2.05, 4.69) is 25.3 Å². The van der Waals surface area contributed by atoms with Crippen molar-refractivity contribution in [1.29, 1.82) is 0 Å². The first kappa shape index (κ1) is 22.5. The number of aromatic nitrogens is 2. The first-order chi connectivity index (χ1) is 13.2. The van der Waals surface area contributed by atoms with Crippen LogP contribution in [0.15, 0.2) is 22.0 Å². The van der Waals surface area contributed by atoms with E-state index in [1.807, 2.05) is 17.5 Å². The molecule has 3 fully saturated rings. The number of thiophene rings is 1. The molecule has 1 atom stereocenters. The van der Waals surface area contributed by atoms with E-state index in [0.717, 1.165) is 63.4 Å². The molecule has 2 aliphatic heterocycles. The minimum Gasteiger partial charge on any atom is -0.340 e. The summed E-state index contributed by atoms with van der Waals surface area (Å²) in [5.41, 5.74) is 0.321. The Kier molecular flexibility index (Phi) is 7.22. The number of rotatable bonds is 4. The summed E-state index contributed by atoms with van der Waals surface area (Å²) in [4.78, 5) is 22.8. The number of piperidine rings is 1. The Morgan fingerprint density at radius 2 is 2.00 bits per heavy atom. The van der Waals surface area contributed by atoms with E-state index in [-0.39, 0.29) is 30.7 Å². The third-order valence-corrected chi connectivity index (χ3v) is 7.21. The molecule has 2 aromatic rings. The summed E-state index contributed by atoms with van der Waals surface area (Å²) in [6, 6.07) is 3.98. The molecule has 0 aromatic carbocycles. The monoisotopic (exact) mass is 459 g/mol. The maximum atomic E-state index is 12.9. The minimum atomic E-state index is 0. The summed E-state index contributed by atoms with van der Waals surface area (Å²) in [6.45, 7) is 6.11. The molecule has 2 saturated heterocycles. The van der Waals surface area contributed by atoms with Crippen LogP contribution < -0.4 is 5.32 Å². The van der Waals surface area contributed by atoms with Crippen LogP contribution in [0.2, 0.25) is 0 Å². The molecule has 3 aliphatic rings. The zero-order chi connectivity index (χ0) is 18.3. The molecule has 2 aromatic heterocycles. The average Bonchev–Trinajstić information content (AvgIpc) is 3.11. The second-order valence-electron chi connectivity index (χ2n) is 7.96. The standard InChI is InChI=1S/C19H25N5O2S.2ClH/c25-18(14-12-19(14)3-5-20-6-4-19)24-9-7-23(8-10-24)13-16-21-17(22-26-16)15-2-1-11-27-15;;/h1-2,11,14,20H,3-10,12-13H2;2*1H. The lowest BCUT2D eigenvalue weighted by Crippen LogP contribution is -2.49. The van der Waals surface area contributed by atoms with Crippen molar-refractivity contribution in [2.75, 3.05) is 39.3 Å². The summed E-state index contributed by atoms with van der Waals surface area (Å²) in [5.74, 6) is 1.97. The molecule has 10 heteroatoms. The van der Waals surface area contributed by atoms with Gasteiger partial charge in [0.05, 0.1) is 11.4 Å². The quantitative estimate of drug-likeness (QED) is 0.757. The van der Waals surface area contributed by atoms with Gasteiger partial charge in [-0.05, 0) is 49.2 Å². The third-order valence-electron chi connectivity index (χ3n) is 6.34. The fraction of sp³-hybridized carbons (Fsp3) is 0.632. The van der Waals surface area contributed by atoms with Crippen molar-refractivity contribution in [3.63, 3.8) is 0 Å². The van der Waals surface area contributed by atoms with Gasteiger partial charge in [-0.2, -0.15) is 4.98 Å². The van der Waals surface area contributed by atoms with Gasteiger partial charge in [0.15, 0.2) is 0 Å². The van der Waals surface area contributed by atoms with E-state index in [0.29, 0.717) is 29.6 Å². The zero-order valence-corrected chi connectivity index (χ0v) is 18.7. The first-order valence-corrected chi connectivity index (χ1v) is 10.7. The number of amides is 1. The number of hydrogen-bond donors (Lipinski definition) is 1. The molecule has 29 heavy (non-hydrogen) atoms. The molecule has 0 radical (unpaired) electrons. The average molecular weight is 460 g/mol. The van der Waals surface area contributed by atoms with Crippen molar-refractivity contribution < 1.29 is 9.32 Å². The second kappa shape index (κ2) is 9.31. The molecule has 5 rings (SSSR count). The molecule has 1 spiro atoms. The van der Waals surface area contributed by atoms with E-state index < -0.39 is 0 Å². The Morgan fingerprint density at radius 3 is 2.69 bits per heavy atom. The number of halogens is 2. The van der Waals surface area contributed by atoms with Crippen molar-refractivity contribution >= 4 is 42.1 Å². The van der Waals surface area contributed by atoms with Gasteiger partial charge >= 0.3 is 0 Å². The molecule has 1 amide bonds. The molecule has 1 unspecified atom stereocenters. The van der Waals surface area contributed by atoms with Crippen LogP contribution in [0.1, 0.15) is 25.2 Å². The van der Waals surface area contributed by atoms with Crippen molar-refractivity contribution in [2.45, 2.75) is 25.8 Å². The molecule has 1 aliphatic carbocycles. The van der Waals surface area contributed by atoms with Gasteiger partial charge in [-0.1, -0.05) is 11.2 Å². The number of piperazine rings is 1. The van der Waals surface area contributed by atoms with Crippen LogP contribution in [0.25, 0.3) is 10.7 Å². The smallest absolute Gasteiger partial charge is 0.241 e. The molecule has 1 saturated carbocycles. The van der Waals surface area contributed by atoms with Gasteiger partial charge in [0, 0.05) is 32.1 Å². The molecule has 7 nitrogen and oxygen atoms in total. The number of nitrogens with zero attached hydrogens (tertiary/aromatic N) is 4. The summed E-state index contributed by atoms with van der Waals surface area (Å²) < 4.78 is 5.41. The van der Waals surface area contributed by atoms with E-state index in [1.165, 1.54) is 0 Å². The maximum absolute atomic E-state index is 12.9. The molecule has 160 valence electrons. The van der Waals surface area contributed by atoms with Gasteiger partial charge in [-0.3, -0.25) is 9.69 Å². The molecular weight excluding hydrogens is 433 g/mol. The highest BCUT2D eigenvalue weighted by molar-refractivity contribution is 7.13. The summed E-state index contributed by atoms with van der Waals surface area (Å²) in [7, 11) is 0. The fourth-order valence-corrected chi connectivity index (χ4v) is 5.19. The molecule has 1 N–H and O–H groups in total. The number of hydrogen-bond acceptors (Lipinski definition) is 7. The van der Waals surface area contributed by atoms with Crippen LogP contribution in [0.4, 0.5) is 0 Å². The highest BCUT2D eigenvalue weighted by atomic mass is 35.5. The summed E-state index contributed by atoms with van der Waals surface area (Å²) in [5, 5.41) is 9.49. The van der Waals surface area contributed by atoms with Gasteiger partial charge in [-0.15, -0.1) is 36.2 Å². The van der Waals surface area contributed by atoms with E-state index in [1.54, 1.807) is 11.3 Å². The van der Waals surface area contributed by atoms with Crippen LogP contribution >= 0.6 is 36.2 Å². The Hall–Kier alpha value is -1.19. The minimum absolute atomic E-state index is 0. The topological polar surface area (TPSA) is 74.5 Å². The van der Waals surface area contributed by atoms with Gasteiger partial charge in [0.2, 0.25) is 17.6 Å². The SMILES string of the molecule is Cl.Cl.O=C(C1CC12CCNCC2)N1CCN(Cc2nc(-c3cccs3)no2)CC1. The van der Waals surface area contributed by atoms with Crippen molar-refractivity contribution in [2.24, 2.45) is 11.3 Å². The highest BCUT2D eigenvalue weighted by Crippen LogP contribution is 2.59. The van der Waals surface area contributed by atoms with Crippen LogP contribution in [-0.4, -0.2) is 65.1 Å². The third kappa shape index (κ3) is 4.61. The van der Waals surface area contributed by atoms with Crippen molar-refractivity contribution in [1.82, 2.24) is 25.3 Å². The first-order valence-electron chi connectivity index (χ1n) is 9.82. The van der Waals surface area contributed by atoms with Crippen molar-refractivity contribution in [3.8, 4) is 10.7 Å². The molecule has 0 bridgehead atoms. The second-order valence-corrected chi connectivity index (χ2v) is 8.91. The highest BCUT2D eigenvalue weighted by Gasteiger charge is 2.58. The lowest BCUT2D eigenvalue weighted by Gasteiger charge is -2.35. The zero-order valence-electron chi connectivity index (χ0n) is 16.2. The van der Waals surface area contributed by atoms with Crippen LogP contribution in [-0.2, 0) is 11.3 Å². The van der Waals surface area contributed by atoms with Crippen LogP contribution in [0, 0.1) is 11.3 Å². The fourth-order valence-electron chi connectivity index (χ4n) is 4.54. The Labute approximate surface area is 187 Å². The summed E-state index contributed by atoms with van der Waals surface area (Å²) in [6.07, 6.45) is 3.42. The Bertz CT molecular complexity index is 801. The van der Waals surface area contributed by atoms with Crippen LogP contribution in [0.5, 0.6) is 0 Å². The van der Waals surface area contributed by atoms with Crippen molar-refractivity contribution in [3.05, 3.63) is 23.4 Å². The van der Waals surface area contributed by atoms with Gasteiger partial charge < -0.3 is 14.7 Å². The van der Waals surface area contributed by atoms with Gasteiger partial charge in [0.1, 0.15) is 0 Å². The van der Waals surface area contributed by atoms with Gasteiger partial charge in [0.25, 0.3) is 0 Å². The lowest BCUT2D eigenvalue weighted by molar-refractivity contribution is -0.135. The molecular formula is C19H27Cl2N5O2S. The predicted molar refractivity (Wildman–Crippen MR) is 117 cm³/mol. The normalized spacial score (nSPS) is 23.3. The number of carbonyl (C=O) groups excluding carboxylic acids is 1. The van der Waals surface area contributed by atoms with E-state index in [9.17, 15) is 4.79 Å². The van der Waals surface area contributed by atoms with Crippen LogP contribution in [0.3, 0.4) is 0 Å². The lowest BCUT2D eigenvalue weighted by atomic mass is 9.91. The number of carbonyl (C=O) groups is 1.